The first-order valence-corrected chi connectivity index (χ1v) is 11.8. The van der Waals surface area contributed by atoms with Crippen LogP contribution < -0.4 is 20.1 Å². The number of aliphatic hydroxyl groups excluding tert-OH is 1. The quantitative estimate of drug-likeness (QED) is 0.475. The predicted molar refractivity (Wildman–Crippen MR) is 116 cm³/mol. The molecule has 3 atom stereocenters. The highest BCUT2D eigenvalue weighted by molar-refractivity contribution is 7.99. The van der Waals surface area contributed by atoms with Gasteiger partial charge in [0.05, 0.1) is 21.9 Å². The smallest absolute Gasteiger partial charge is 0.258 e. The zero-order valence-corrected chi connectivity index (χ0v) is 18.8. The Morgan fingerprint density at radius 1 is 1.32 bits per heavy atom. The molecule has 5 rings (SSSR count). The van der Waals surface area contributed by atoms with E-state index in [1.165, 1.54) is 24.1 Å². The lowest BCUT2D eigenvalue weighted by molar-refractivity contribution is -0.136. The summed E-state index contributed by atoms with van der Waals surface area (Å²) in [6.45, 7) is 1.76. The van der Waals surface area contributed by atoms with E-state index < -0.39 is 23.0 Å². The number of nitrogens with one attached hydrogen (secondary N) is 3. The minimum Gasteiger partial charge on any atom is -0.484 e. The zero-order valence-electron chi connectivity index (χ0n) is 17.2. The van der Waals surface area contributed by atoms with Crippen LogP contribution in [0, 0.1) is 5.82 Å². The summed E-state index contributed by atoms with van der Waals surface area (Å²) in [5.74, 6) is -0.781. The average molecular weight is 472 g/mol. The molecule has 0 aromatic heterocycles. The Morgan fingerprint density at radius 3 is 2.68 bits per heavy atom. The third-order valence-corrected chi connectivity index (χ3v) is 8.17. The standard InChI is InChI=1S/C21H27ClFN3O4S/c1-12-8-16(31-26-12)19(29)25-20-4-6-21(7-5-20,17(27)10-20)24-18(28)11-30-13-2-3-14(22)15(23)9-13/h2-3,9,12,16-17,26-27H,4-8,10-11H2,1H3,(H,24,28)(H,25,29)/t12?,16?,17-,20?,21?/m0/s1. The third kappa shape index (κ3) is 4.79. The van der Waals surface area contributed by atoms with E-state index >= 15 is 0 Å². The van der Waals surface area contributed by atoms with Crippen molar-refractivity contribution in [2.75, 3.05) is 6.61 Å². The third-order valence-electron chi connectivity index (χ3n) is 6.63. The highest BCUT2D eigenvalue weighted by Crippen LogP contribution is 2.47. The van der Waals surface area contributed by atoms with Crippen LogP contribution in [-0.2, 0) is 9.59 Å². The Balaban J connectivity index is 1.31. The monoisotopic (exact) mass is 471 g/mol. The molecule has 170 valence electrons. The van der Waals surface area contributed by atoms with Crippen LogP contribution in [0.25, 0.3) is 0 Å². The summed E-state index contributed by atoms with van der Waals surface area (Å²) in [5, 5.41) is 16.8. The molecule has 1 aliphatic heterocycles. The van der Waals surface area contributed by atoms with Crippen LogP contribution in [0.1, 0.15) is 45.4 Å². The molecule has 0 radical (unpaired) electrons. The number of amides is 2. The van der Waals surface area contributed by atoms with E-state index in [0.717, 1.165) is 12.5 Å². The molecular weight excluding hydrogens is 445 g/mol. The average Bonchev–Trinajstić information content (AvgIpc) is 3.17. The van der Waals surface area contributed by atoms with E-state index in [2.05, 4.69) is 15.4 Å². The summed E-state index contributed by atoms with van der Waals surface area (Å²) >= 11 is 7.10. The van der Waals surface area contributed by atoms with Crippen molar-refractivity contribution in [3.63, 3.8) is 0 Å². The molecule has 2 amide bonds. The van der Waals surface area contributed by atoms with Gasteiger partial charge in [-0.3, -0.25) is 14.3 Å². The fourth-order valence-corrected chi connectivity index (χ4v) is 5.97. The Labute approximate surface area is 189 Å². The van der Waals surface area contributed by atoms with Crippen LogP contribution in [-0.4, -0.2) is 52.0 Å². The van der Waals surface area contributed by atoms with Gasteiger partial charge in [0, 0.05) is 17.6 Å². The molecule has 3 aliphatic carbocycles. The van der Waals surface area contributed by atoms with Crippen molar-refractivity contribution in [2.24, 2.45) is 0 Å². The molecule has 2 bridgehead atoms. The molecule has 4 aliphatic rings. The largest absolute Gasteiger partial charge is 0.484 e. The summed E-state index contributed by atoms with van der Waals surface area (Å²) in [6, 6.07) is 4.28. The summed E-state index contributed by atoms with van der Waals surface area (Å²) in [7, 11) is 0. The van der Waals surface area contributed by atoms with Crippen molar-refractivity contribution in [3.05, 3.63) is 29.0 Å². The maximum absolute atomic E-state index is 13.5. The van der Waals surface area contributed by atoms with Gasteiger partial charge in [0.2, 0.25) is 5.91 Å². The topological polar surface area (TPSA) is 99.7 Å². The Hall–Kier alpha value is -1.55. The van der Waals surface area contributed by atoms with Crippen molar-refractivity contribution in [1.82, 2.24) is 15.4 Å². The SMILES string of the molecule is CC1CC(C(=O)NC23CCC(NC(=O)COc4ccc(Cl)c(F)c4)(CC2)[C@@H](O)C3)SN1. The fourth-order valence-electron chi connectivity index (χ4n) is 4.81. The number of hydrogen-bond donors (Lipinski definition) is 4. The first-order chi connectivity index (χ1) is 14.7. The Bertz CT molecular complexity index is 865. The maximum atomic E-state index is 13.5. The van der Waals surface area contributed by atoms with E-state index in [1.807, 2.05) is 6.92 Å². The molecule has 3 saturated carbocycles. The molecule has 1 saturated heterocycles. The van der Waals surface area contributed by atoms with Crippen LogP contribution in [0.5, 0.6) is 5.75 Å². The van der Waals surface area contributed by atoms with Crippen molar-refractivity contribution in [1.29, 1.82) is 0 Å². The molecule has 4 N–H and O–H groups in total. The van der Waals surface area contributed by atoms with E-state index in [-0.39, 0.29) is 34.4 Å². The summed E-state index contributed by atoms with van der Waals surface area (Å²) in [5.41, 5.74) is -1.15. The minimum atomic E-state index is -0.763. The van der Waals surface area contributed by atoms with Gasteiger partial charge in [-0.1, -0.05) is 23.5 Å². The maximum Gasteiger partial charge on any atom is 0.258 e. The van der Waals surface area contributed by atoms with Gasteiger partial charge in [-0.25, -0.2) is 4.39 Å². The Kier molecular flexibility index (Phi) is 6.40. The molecule has 1 aromatic carbocycles. The second-order valence-corrected chi connectivity index (χ2v) is 10.4. The van der Waals surface area contributed by atoms with E-state index in [4.69, 9.17) is 16.3 Å². The highest BCUT2D eigenvalue weighted by atomic mass is 35.5. The zero-order chi connectivity index (χ0) is 22.2. The number of aliphatic hydroxyl groups is 1. The first-order valence-electron chi connectivity index (χ1n) is 10.5. The lowest BCUT2D eigenvalue weighted by Gasteiger charge is -2.56. The lowest BCUT2D eigenvalue weighted by atomic mass is 9.60. The second kappa shape index (κ2) is 8.77. The van der Waals surface area contributed by atoms with Crippen LogP contribution in [0.3, 0.4) is 0 Å². The summed E-state index contributed by atoms with van der Waals surface area (Å²) in [6.07, 6.45) is 2.96. The highest BCUT2D eigenvalue weighted by Gasteiger charge is 2.55. The van der Waals surface area contributed by atoms with Crippen LogP contribution in [0.15, 0.2) is 18.2 Å². The first kappa shape index (κ1) is 22.6. The van der Waals surface area contributed by atoms with Crippen LogP contribution in [0.4, 0.5) is 4.39 Å². The Morgan fingerprint density at radius 2 is 2.06 bits per heavy atom. The predicted octanol–water partition coefficient (Wildman–Crippen LogP) is 2.31. The van der Waals surface area contributed by atoms with Gasteiger partial charge in [0.25, 0.3) is 5.91 Å². The van der Waals surface area contributed by atoms with E-state index in [1.54, 1.807) is 0 Å². The molecular formula is C21H27ClFN3O4S. The number of hydrogen-bond acceptors (Lipinski definition) is 6. The number of carbonyl (C=O) groups excluding carboxylic acids is 2. The van der Waals surface area contributed by atoms with E-state index in [0.29, 0.717) is 38.1 Å². The summed E-state index contributed by atoms with van der Waals surface area (Å²) < 4.78 is 22.1. The summed E-state index contributed by atoms with van der Waals surface area (Å²) in [4.78, 5) is 25.2. The fraction of sp³-hybridized carbons (Fsp3) is 0.619. The van der Waals surface area contributed by atoms with Crippen molar-refractivity contribution in [2.45, 2.75) is 73.9 Å². The van der Waals surface area contributed by atoms with Gasteiger partial charge in [0.1, 0.15) is 11.6 Å². The number of halogens is 2. The normalized spacial score (nSPS) is 34.4. The van der Waals surface area contributed by atoms with Gasteiger partial charge in [-0.05, 0) is 57.6 Å². The molecule has 4 fully saturated rings. The van der Waals surface area contributed by atoms with Gasteiger partial charge in [-0.15, -0.1) is 0 Å². The lowest BCUT2D eigenvalue weighted by Crippen LogP contribution is -2.70. The molecule has 31 heavy (non-hydrogen) atoms. The van der Waals surface area contributed by atoms with E-state index in [9.17, 15) is 19.1 Å². The molecule has 10 heteroatoms. The van der Waals surface area contributed by atoms with Gasteiger partial charge >= 0.3 is 0 Å². The number of rotatable bonds is 6. The number of carbonyl (C=O) groups is 2. The molecule has 0 spiro atoms. The van der Waals surface area contributed by atoms with Crippen LogP contribution >= 0.6 is 23.5 Å². The number of benzene rings is 1. The number of ether oxygens (including phenoxy) is 1. The molecule has 7 nitrogen and oxygen atoms in total. The van der Waals surface area contributed by atoms with Crippen molar-refractivity contribution in [3.8, 4) is 5.75 Å². The van der Waals surface area contributed by atoms with Gasteiger partial charge in [-0.2, -0.15) is 0 Å². The van der Waals surface area contributed by atoms with Gasteiger partial charge in [0.15, 0.2) is 6.61 Å². The number of fused-ring (bicyclic) bond motifs is 3. The van der Waals surface area contributed by atoms with Crippen LogP contribution in [0.2, 0.25) is 5.02 Å². The molecule has 1 heterocycles. The molecule has 2 unspecified atom stereocenters. The van der Waals surface area contributed by atoms with Crippen molar-refractivity contribution >= 4 is 35.4 Å². The molecule has 1 aromatic rings. The van der Waals surface area contributed by atoms with Crippen molar-refractivity contribution < 1.29 is 23.8 Å². The second-order valence-electron chi connectivity index (χ2n) is 8.92. The van der Waals surface area contributed by atoms with Gasteiger partial charge < -0.3 is 20.5 Å². The minimum absolute atomic E-state index is 0.0103.